The third kappa shape index (κ3) is 2.86. The van der Waals surface area contributed by atoms with Crippen molar-refractivity contribution in [2.45, 2.75) is 0 Å². The monoisotopic (exact) mass is 216 g/mol. The van der Waals surface area contributed by atoms with Crippen LogP contribution in [-0.4, -0.2) is 42.4 Å². The summed E-state index contributed by atoms with van der Waals surface area (Å²) >= 11 is 0. The molecular formula is C13H16N2O. The SMILES string of the molecule is O=CN1CCN(C=Cc2ccccc2)CC1. The second kappa shape index (κ2) is 5.35. The zero-order valence-corrected chi connectivity index (χ0v) is 9.25. The Morgan fingerprint density at radius 3 is 2.19 bits per heavy atom. The molecule has 1 aromatic carbocycles. The van der Waals surface area contributed by atoms with Crippen molar-refractivity contribution < 1.29 is 4.79 Å². The van der Waals surface area contributed by atoms with Crippen LogP contribution in [0.3, 0.4) is 0 Å². The summed E-state index contributed by atoms with van der Waals surface area (Å²) in [4.78, 5) is 14.6. The molecule has 0 saturated carbocycles. The summed E-state index contributed by atoms with van der Waals surface area (Å²) in [6.45, 7) is 3.48. The molecule has 0 aromatic heterocycles. The average molecular weight is 216 g/mol. The number of amides is 1. The maximum Gasteiger partial charge on any atom is 0.209 e. The highest BCUT2D eigenvalue weighted by molar-refractivity contribution is 5.49. The number of hydrogen-bond acceptors (Lipinski definition) is 2. The van der Waals surface area contributed by atoms with Gasteiger partial charge in [0.2, 0.25) is 6.41 Å². The molecule has 0 bridgehead atoms. The number of rotatable bonds is 3. The summed E-state index contributed by atoms with van der Waals surface area (Å²) in [5.74, 6) is 0. The van der Waals surface area contributed by atoms with Gasteiger partial charge in [0.05, 0.1) is 0 Å². The van der Waals surface area contributed by atoms with Gasteiger partial charge in [-0.05, 0) is 17.8 Å². The van der Waals surface area contributed by atoms with E-state index >= 15 is 0 Å². The predicted molar refractivity (Wildman–Crippen MR) is 64.7 cm³/mol. The molecule has 1 amide bonds. The summed E-state index contributed by atoms with van der Waals surface area (Å²) < 4.78 is 0. The minimum absolute atomic E-state index is 0.822. The molecule has 0 spiro atoms. The molecule has 1 heterocycles. The normalized spacial score (nSPS) is 16.8. The van der Waals surface area contributed by atoms with Crippen LogP contribution in [0.5, 0.6) is 0 Å². The van der Waals surface area contributed by atoms with Gasteiger partial charge < -0.3 is 9.80 Å². The maximum atomic E-state index is 10.5. The molecule has 1 aliphatic heterocycles. The lowest BCUT2D eigenvalue weighted by molar-refractivity contribution is -0.119. The Kier molecular flexibility index (Phi) is 3.59. The molecule has 0 atom stereocenters. The standard InChI is InChI=1S/C13H16N2O/c16-12-15-10-8-14(9-11-15)7-6-13-4-2-1-3-5-13/h1-7,12H,8-11H2. The smallest absolute Gasteiger partial charge is 0.209 e. The van der Waals surface area contributed by atoms with E-state index in [1.165, 1.54) is 5.56 Å². The van der Waals surface area contributed by atoms with Gasteiger partial charge in [0.25, 0.3) is 0 Å². The van der Waals surface area contributed by atoms with Crippen LogP contribution in [-0.2, 0) is 4.79 Å². The average Bonchev–Trinajstić information content (AvgIpc) is 2.38. The van der Waals surface area contributed by atoms with Crippen LogP contribution < -0.4 is 0 Å². The summed E-state index contributed by atoms with van der Waals surface area (Å²) in [6, 6.07) is 10.2. The molecule has 16 heavy (non-hydrogen) atoms. The first-order valence-electron chi connectivity index (χ1n) is 5.55. The van der Waals surface area contributed by atoms with Crippen molar-refractivity contribution in [3.8, 4) is 0 Å². The van der Waals surface area contributed by atoms with Crippen LogP contribution in [0.15, 0.2) is 36.5 Å². The Hall–Kier alpha value is -1.77. The van der Waals surface area contributed by atoms with Crippen molar-refractivity contribution in [1.29, 1.82) is 0 Å². The van der Waals surface area contributed by atoms with Gasteiger partial charge in [0.1, 0.15) is 0 Å². The molecule has 1 aromatic rings. The highest BCUT2D eigenvalue weighted by Crippen LogP contribution is 2.05. The first-order valence-corrected chi connectivity index (χ1v) is 5.55. The van der Waals surface area contributed by atoms with E-state index in [-0.39, 0.29) is 0 Å². The van der Waals surface area contributed by atoms with Gasteiger partial charge in [0.15, 0.2) is 0 Å². The highest BCUT2D eigenvalue weighted by atomic mass is 16.1. The highest BCUT2D eigenvalue weighted by Gasteiger charge is 2.11. The Balaban J connectivity index is 1.87. The lowest BCUT2D eigenvalue weighted by atomic mass is 10.2. The van der Waals surface area contributed by atoms with Crippen LogP contribution in [0.2, 0.25) is 0 Å². The van der Waals surface area contributed by atoms with Crippen LogP contribution in [0.25, 0.3) is 6.08 Å². The topological polar surface area (TPSA) is 23.6 Å². The number of carbonyl (C=O) groups excluding carboxylic acids is 1. The van der Waals surface area contributed by atoms with E-state index in [1.54, 1.807) is 0 Å². The molecule has 1 aliphatic rings. The van der Waals surface area contributed by atoms with Gasteiger partial charge in [-0.25, -0.2) is 0 Å². The first-order chi connectivity index (χ1) is 7.88. The number of piperazine rings is 1. The van der Waals surface area contributed by atoms with E-state index in [2.05, 4.69) is 29.3 Å². The molecule has 0 N–H and O–H groups in total. The van der Waals surface area contributed by atoms with Gasteiger partial charge >= 0.3 is 0 Å². The van der Waals surface area contributed by atoms with Gasteiger partial charge in [-0.15, -0.1) is 0 Å². The molecule has 0 radical (unpaired) electrons. The molecule has 3 nitrogen and oxygen atoms in total. The Morgan fingerprint density at radius 2 is 1.56 bits per heavy atom. The van der Waals surface area contributed by atoms with E-state index in [0.29, 0.717) is 0 Å². The molecule has 1 saturated heterocycles. The number of hydrogen-bond donors (Lipinski definition) is 0. The molecule has 84 valence electrons. The van der Waals surface area contributed by atoms with Gasteiger partial charge in [-0.3, -0.25) is 4.79 Å². The van der Waals surface area contributed by atoms with Gasteiger partial charge in [0, 0.05) is 26.2 Å². The van der Waals surface area contributed by atoms with Crippen LogP contribution in [0, 0.1) is 0 Å². The molecule has 2 rings (SSSR count). The predicted octanol–water partition coefficient (Wildman–Crippen LogP) is 1.43. The lowest BCUT2D eigenvalue weighted by Crippen LogP contribution is -2.43. The fourth-order valence-corrected chi connectivity index (χ4v) is 1.75. The second-order valence-corrected chi connectivity index (χ2v) is 3.90. The molecule has 3 heteroatoms. The molecule has 0 aliphatic carbocycles. The Bertz CT molecular complexity index is 353. The summed E-state index contributed by atoms with van der Waals surface area (Å²) in [5.41, 5.74) is 1.21. The number of benzene rings is 1. The second-order valence-electron chi connectivity index (χ2n) is 3.90. The number of nitrogens with zero attached hydrogens (tertiary/aromatic N) is 2. The van der Waals surface area contributed by atoms with Crippen molar-refractivity contribution in [3.63, 3.8) is 0 Å². The summed E-state index contributed by atoms with van der Waals surface area (Å²) in [5, 5.41) is 0. The maximum absolute atomic E-state index is 10.5. The largest absolute Gasteiger partial charge is 0.374 e. The van der Waals surface area contributed by atoms with E-state index < -0.39 is 0 Å². The summed E-state index contributed by atoms with van der Waals surface area (Å²) in [7, 11) is 0. The van der Waals surface area contributed by atoms with E-state index in [9.17, 15) is 4.79 Å². The van der Waals surface area contributed by atoms with Crippen molar-refractivity contribution in [2.75, 3.05) is 26.2 Å². The van der Waals surface area contributed by atoms with Crippen molar-refractivity contribution in [1.82, 2.24) is 9.80 Å². The Labute approximate surface area is 96.0 Å². The van der Waals surface area contributed by atoms with Crippen molar-refractivity contribution >= 4 is 12.5 Å². The zero-order chi connectivity index (χ0) is 11.2. The zero-order valence-electron chi connectivity index (χ0n) is 9.25. The van der Waals surface area contributed by atoms with Crippen LogP contribution >= 0.6 is 0 Å². The minimum Gasteiger partial charge on any atom is -0.374 e. The van der Waals surface area contributed by atoms with E-state index in [0.717, 1.165) is 32.6 Å². The number of carbonyl (C=O) groups is 1. The van der Waals surface area contributed by atoms with Crippen molar-refractivity contribution in [3.05, 3.63) is 42.1 Å². The lowest BCUT2D eigenvalue weighted by Gasteiger charge is -2.31. The van der Waals surface area contributed by atoms with Gasteiger partial charge in [-0.2, -0.15) is 0 Å². The fourth-order valence-electron chi connectivity index (χ4n) is 1.75. The van der Waals surface area contributed by atoms with Crippen LogP contribution in [0.4, 0.5) is 0 Å². The fraction of sp³-hybridized carbons (Fsp3) is 0.308. The quantitative estimate of drug-likeness (QED) is 0.714. The minimum atomic E-state index is 0.822. The van der Waals surface area contributed by atoms with E-state index in [1.807, 2.05) is 23.1 Å². The first kappa shape index (κ1) is 10.7. The van der Waals surface area contributed by atoms with Crippen LogP contribution in [0.1, 0.15) is 5.56 Å². The summed E-state index contributed by atoms with van der Waals surface area (Å²) in [6.07, 6.45) is 5.15. The Morgan fingerprint density at radius 1 is 0.938 bits per heavy atom. The molecule has 0 unspecified atom stereocenters. The van der Waals surface area contributed by atoms with Crippen molar-refractivity contribution in [2.24, 2.45) is 0 Å². The third-order valence-corrected chi connectivity index (χ3v) is 2.78. The molecule has 1 fully saturated rings. The van der Waals surface area contributed by atoms with E-state index in [4.69, 9.17) is 0 Å². The molecular weight excluding hydrogens is 200 g/mol. The third-order valence-electron chi connectivity index (χ3n) is 2.78. The van der Waals surface area contributed by atoms with Gasteiger partial charge in [-0.1, -0.05) is 30.3 Å².